The molecule has 0 amide bonds. The summed E-state index contributed by atoms with van der Waals surface area (Å²) in [5, 5.41) is 9.11. The Hall–Kier alpha value is -0.0631. The predicted molar refractivity (Wildman–Crippen MR) is 71.4 cm³/mol. The zero-order valence-corrected chi connectivity index (χ0v) is 13.2. The van der Waals surface area contributed by atoms with Crippen molar-refractivity contribution in [1.29, 1.82) is 0 Å². The van der Waals surface area contributed by atoms with Crippen LogP contribution in [0.2, 0.25) is 6.04 Å². The van der Waals surface area contributed by atoms with Crippen LogP contribution in [-0.2, 0) is 27.5 Å². The van der Waals surface area contributed by atoms with Gasteiger partial charge in [-0.2, -0.15) is 0 Å². The van der Waals surface area contributed by atoms with E-state index in [-0.39, 0.29) is 31.0 Å². The van der Waals surface area contributed by atoms with E-state index in [1.807, 2.05) is 0 Å². The van der Waals surface area contributed by atoms with Gasteiger partial charge in [0.2, 0.25) is 0 Å². The molecule has 4 atom stereocenters. The van der Waals surface area contributed by atoms with E-state index in [1.54, 1.807) is 21.3 Å². The summed E-state index contributed by atoms with van der Waals surface area (Å²) in [4.78, 5) is 0. The van der Waals surface area contributed by atoms with Crippen molar-refractivity contribution in [3.8, 4) is 0 Å². The fourth-order valence-corrected chi connectivity index (χ4v) is 3.99. The lowest BCUT2D eigenvalue weighted by molar-refractivity contribution is 0.0180. The highest BCUT2D eigenvalue weighted by atomic mass is 28.4. The number of hydrogen-bond donors (Lipinski definition) is 1. The first-order valence-electron chi connectivity index (χ1n) is 6.83. The van der Waals surface area contributed by atoms with E-state index < -0.39 is 8.80 Å². The number of aliphatic hydroxyl groups excluding tert-OH is 1. The van der Waals surface area contributed by atoms with Gasteiger partial charge in [0.05, 0.1) is 25.9 Å². The Bertz CT molecular complexity index is 287. The van der Waals surface area contributed by atoms with Crippen LogP contribution in [0.1, 0.15) is 6.42 Å². The summed E-state index contributed by atoms with van der Waals surface area (Å²) in [5.41, 5.74) is 0. The molecule has 2 heterocycles. The average Bonchev–Trinajstić information content (AvgIpc) is 3.38. The van der Waals surface area contributed by atoms with Crippen molar-refractivity contribution in [2.45, 2.75) is 36.9 Å². The lowest BCUT2D eigenvalue weighted by atomic mass is 10.1. The molecule has 2 rings (SSSR count). The van der Waals surface area contributed by atoms with E-state index in [0.29, 0.717) is 19.1 Å². The summed E-state index contributed by atoms with van der Waals surface area (Å²) in [5.74, 6) is 0. The maximum absolute atomic E-state index is 9.11. The molecule has 2 aliphatic rings. The molecule has 4 unspecified atom stereocenters. The van der Waals surface area contributed by atoms with E-state index in [9.17, 15) is 0 Å². The zero-order valence-electron chi connectivity index (χ0n) is 12.2. The van der Waals surface area contributed by atoms with Crippen LogP contribution in [0.15, 0.2) is 0 Å². The van der Waals surface area contributed by atoms with Gasteiger partial charge in [-0.3, -0.25) is 0 Å². The molecule has 0 radical (unpaired) electrons. The maximum Gasteiger partial charge on any atom is 0.500 e. The van der Waals surface area contributed by atoms with Gasteiger partial charge in [0.1, 0.15) is 18.3 Å². The van der Waals surface area contributed by atoms with Gasteiger partial charge in [0.25, 0.3) is 0 Å². The van der Waals surface area contributed by atoms with Crippen LogP contribution in [0.25, 0.3) is 0 Å². The van der Waals surface area contributed by atoms with Gasteiger partial charge in [-0.1, -0.05) is 0 Å². The Labute approximate surface area is 120 Å². The highest BCUT2D eigenvalue weighted by Gasteiger charge is 2.47. The highest BCUT2D eigenvalue weighted by Crippen LogP contribution is 2.31. The monoisotopic (exact) mass is 308 g/mol. The largest absolute Gasteiger partial charge is 0.500 e. The number of hydrogen-bond acceptors (Lipinski definition) is 7. The SMILES string of the molecule is CO[Si](CCC(OCC1CO1)C1OC1CO)(OC)OC. The van der Waals surface area contributed by atoms with Crippen LogP contribution in [0, 0.1) is 0 Å². The van der Waals surface area contributed by atoms with Gasteiger partial charge in [-0.15, -0.1) is 0 Å². The molecule has 0 aromatic heterocycles. The molecule has 7 nitrogen and oxygen atoms in total. The third-order valence-electron chi connectivity index (χ3n) is 3.73. The van der Waals surface area contributed by atoms with Crippen LogP contribution >= 0.6 is 0 Å². The first-order valence-corrected chi connectivity index (χ1v) is 8.76. The van der Waals surface area contributed by atoms with Crippen LogP contribution in [0.4, 0.5) is 0 Å². The van der Waals surface area contributed by atoms with E-state index in [1.165, 1.54) is 0 Å². The Morgan fingerprint density at radius 2 is 1.90 bits per heavy atom. The highest BCUT2D eigenvalue weighted by molar-refractivity contribution is 6.60. The second-order valence-electron chi connectivity index (χ2n) is 4.98. The van der Waals surface area contributed by atoms with Crippen molar-refractivity contribution in [2.75, 3.05) is 41.2 Å². The minimum Gasteiger partial charge on any atom is -0.394 e. The van der Waals surface area contributed by atoms with Crippen LogP contribution in [0.3, 0.4) is 0 Å². The fraction of sp³-hybridized carbons (Fsp3) is 1.00. The van der Waals surface area contributed by atoms with Crippen molar-refractivity contribution in [1.82, 2.24) is 0 Å². The Kier molecular flexibility index (Phi) is 5.93. The maximum atomic E-state index is 9.11. The molecule has 1 N–H and O–H groups in total. The molecule has 0 aliphatic carbocycles. The molecule has 0 bridgehead atoms. The van der Waals surface area contributed by atoms with Crippen LogP contribution in [-0.4, -0.2) is 79.5 Å². The summed E-state index contributed by atoms with van der Waals surface area (Å²) < 4.78 is 32.6. The summed E-state index contributed by atoms with van der Waals surface area (Å²) in [6.45, 7) is 1.34. The zero-order chi connectivity index (χ0) is 14.6. The van der Waals surface area contributed by atoms with Gasteiger partial charge in [0, 0.05) is 27.4 Å². The molecule has 0 spiro atoms. The Balaban J connectivity index is 1.82. The summed E-state index contributed by atoms with van der Waals surface area (Å²) in [7, 11) is 2.18. The lowest BCUT2D eigenvalue weighted by Gasteiger charge is -2.26. The standard InChI is InChI=1S/C12H24O7Si/c1-14-20(15-2,16-3)5-4-10(12-11(6-13)19-12)18-8-9-7-17-9/h9-13H,4-8H2,1-3H3. The van der Waals surface area contributed by atoms with E-state index in [2.05, 4.69) is 0 Å². The Morgan fingerprint density at radius 1 is 1.25 bits per heavy atom. The van der Waals surface area contributed by atoms with Gasteiger partial charge in [-0.25, -0.2) is 0 Å². The third-order valence-corrected chi connectivity index (χ3v) is 6.50. The van der Waals surface area contributed by atoms with E-state index >= 15 is 0 Å². The van der Waals surface area contributed by atoms with Gasteiger partial charge >= 0.3 is 8.80 Å². The molecule has 2 fully saturated rings. The number of ether oxygens (including phenoxy) is 3. The molecule has 20 heavy (non-hydrogen) atoms. The van der Waals surface area contributed by atoms with Crippen LogP contribution < -0.4 is 0 Å². The number of rotatable bonds is 11. The van der Waals surface area contributed by atoms with Gasteiger partial charge in [0.15, 0.2) is 0 Å². The molecule has 8 heteroatoms. The normalized spacial score (nSPS) is 30.3. The van der Waals surface area contributed by atoms with E-state index in [0.717, 1.165) is 6.61 Å². The van der Waals surface area contributed by atoms with Crippen molar-refractivity contribution >= 4 is 8.80 Å². The van der Waals surface area contributed by atoms with E-state index in [4.69, 9.17) is 32.6 Å². The smallest absolute Gasteiger partial charge is 0.394 e. The van der Waals surface area contributed by atoms with Gasteiger partial charge in [-0.05, 0) is 6.42 Å². The topological polar surface area (TPSA) is 82.2 Å². The molecular formula is C12H24O7Si. The molecular weight excluding hydrogens is 284 g/mol. The fourth-order valence-electron chi connectivity index (χ4n) is 2.24. The minimum absolute atomic E-state index is 0.0197. The molecule has 0 saturated carbocycles. The average molecular weight is 308 g/mol. The van der Waals surface area contributed by atoms with Crippen molar-refractivity contribution < 1.29 is 32.6 Å². The molecule has 0 aromatic rings. The number of epoxide rings is 2. The summed E-state index contributed by atoms with van der Waals surface area (Å²) in [6, 6.07) is 0.644. The minimum atomic E-state index is -2.60. The molecule has 118 valence electrons. The van der Waals surface area contributed by atoms with Crippen molar-refractivity contribution in [2.24, 2.45) is 0 Å². The molecule has 0 aromatic carbocycles. The summed E-state index contributed by atoms with van der Waals surface area (Å²) in [6.07, 6.45) is 0.636. The van der Waals surface area contributed by atoms with Gasteiger partial charge < -0.3 is 32.6 Å². The molecule has 2 aliphatic heterocycles. The van der Waals surface area contributed by atoms with Crippen molar-refractivity contribution in [3.05, 3.63) is 0 Å². The lowest BCUT2D eigenvalue weighted by Crippen LogP contribution is -2.44. The van der Waals surface area contributed by atoms with Crippen molar-refractivity contribution in [3.63, 3.8) is 0 Å². The Morgan fingerprint density at radius 3 is 2.35 bits per heavy atom. The number of aliphatic hydroxyl groups is 1. The first-order chi connectivity index (χ1) is 9.68. The first kappa shape index (κ1) is 16.3. The summed E-state index contributed by atoms with van der Waals surface area (Å²) >= 11 is 0. The molecule has 2 saturated heterocycles. The second-order valence-corrected chi connectivity index (χ2v) is 8.07. The van der Waals surface area contributed by atoms with Crippen LogP contribution in [0.5, 0.6) is 0 Å². The third kappa shape index (κ3) is 4.22. The predicted octanol–water partition coefficient (Wildman–Crippen LogP) is -0.202. The second kappa shape index (κ2) is 7.28. The quantitative estimate of drug-likeness (QED) is 0.418.